The van der Waals surface area contributed by atoms with E-state index in [1.165, 1.54) is 42.5 Å². The molecule has 1 saturated carbocycles. The lowest BCUT2D eigenvalue weighted by Crippen LogP contribution is -2.31. The minimum atomic E-state index is 0.470. The highest BCUT2D eigenvalue weighted by Gasteiger charge is 2.28. The van der Waals surface area contributed by atoms with E-state index in [0.717, 1.165) is 0 Å². The van der Waals surface area contributed by atoms with E-state index in [0.29, 0.717) is 11.5 Å². The van der Waals surface area contributed by atoms with Crippen LogP contribution in [0.1, 0.15) is 39.5 Å². The monoisotopic (exact) mass is 279 g/mol. The lowest BCUT2D eigenvalue weighted by Gasteiger charge is -2.36. The highest BCUT2D eigenvalue weighted by molar-refractivity contribution is 5.77. The van der Waals surface area contributed by atoms with Crippen LogP contribution < -0.4 is 5.32 Å². The van der Waals surface area contributed by atoms with E-state index in [1.54, 1.807) is 0 Å². The quantitative estimate of drug-likeness (QED) is 0.756. The molecule has 0 radical (unpaired) electrons. The van der Waals surface area contributed by atoms with Gasteiger partial charge in [-0.2, -0.15) is 0 Å². The summed E-state index contributed by atoms with van der Waals surface area (Å²) >= 11 is 0. The third-order valence-corrected chi connectivity index (χ3v) is 4.58. The Bertz CT molecular complexity index is 586. The number of rotatable bonds is 3. The molecule has 3 rings (SSSR count). The van der Waals surface area contributed by atoms with Crippen LogP contribution in [0.4, 0.5) is 5.69 Å². The number of anilines is 1. The zero-order valence-electron chi connectivity index (χ0n) is 13.1. The first-order valence-electron chi connectivity index (χ1n) is 8.05. The van der Waals surface area contributed by atoms with E-state index < -0.39 is 0 Å². The van der Waals surface area contributed by atoms with Gasteiger partial charge in [-0.05, 0) is 36.3 Å². The maximum atomic E-state index is 3.80. The Hall–Kier alpha value is -1.76. The van der Waals surface area contributed by atoms with Gasteiger partial charge in [-0.1, -0.05) is 68.8 Å². The Morgan fingerprint density at radius 1 is 0.952 bits per heavy atom. The van der Waals surface area contributed by atoms with Crippen LogP contribution in [-0.4, -0.2) is 6.04 Å². The molecule has 0 heterocycles. The molecule has 0 bridgehead atoms. The maximum absolute atomic E-state index is 3.80. The second kappa shape index (κ2) is 5.93. The average molecular weight is 279 g/mol. The molecule has 110 valence electrons. The standard InChI is InChI=1S/C20H25N/c1-20(2)14-8-11-17(15-20)21-19-13-7-6-12-18(19)16-9-4-3-5-10-16/h3-7,9-10,12-13,17,21H,8,11,14-15H2,1-2H3. The van der Waals surface area contributed by atoms with Crippen molar-refractivity contribution in [2.45, 2.75) is 45.6 Å². The molecule has 0 spiro atoms. The van der Waals surface area contributed by atoms with Crippen molar-refractivity contribution < 1.29 is 0 Å². The van der Waals surface area contributed by atoms with Crippen LogP contribution in [0.2, 0.25) is 0 Å². The molecule has 0 aromatic heterocycles. The third kappa shape index (κ3) is 3.47. The van der Waals surface area contributed by atoms with Crippen LogP contribution in [0.3, 0.4) is 0 Å². The summed E-state index contributed by atoms with van der Waals surface area (Å²) in [7, 11) is 0. The maximum Gasteiger partial charge on any atom is 0.0422 e. The highest BCUT2D eigenvalue weighted by atomic mass is 14.9. The first-order chi connectivity index (χ1) is 10.1. The highest BCUT2D eigenvalue weighted by Crippen LogP contribution is 2.37. The second-order valence-corrected chi connectivity index (χ2v) is 7.01. The Morgan fingerprint density at radius 2 is 1.67 bits per heavy atom. The van der Waals surface area contributed by atoms with Gasteiger partial charge in [0.2, 0.25) is 0 Å². The summed E-state index contributed by atoms with van der Waals surface area (Å²) in [5.74, 6) is 0. The predicted molar refractivity (Wildman–Crippen MR) is 91.5 cm³/mol. The molecule has 1 heteroatoms. The van der Waals surface area contributed by atoms with Crippen molar-refractivity contribution in [2.75, 3.05) is 5.32 Å². The molecule has 1 N–H and O–H groups in total. The van der Waals surface area contributed by atoms with Crippen LogP contribution in [0.15, 0.2) is 54.6 Å². The molecule has 0 saturated heterocycles. The predicted octanol–water partition coefficient (Wildman–Crippen LogP) is 5.73. The van der Waals surface area contributed by atoms with Gasteiger partial charge in [0.05, 0.1) is 0 Å². The summed E-state index contributed by atoms with van der Waals surface area (Å²) in [6, 6.07) is 19.9. The number of nitrogens with one attached hydrogen (secondary N) is 1. The Labute approximate surface area is 128 Å². The molecule has 2 aromatic rings. The van der Waals surface area contributed by atoms with E-state index >= 15 is 0 Å². The molecule has 1 aliphatic rings. The second-order valence-electron chi connectivity index (χ2n) is 7.01. The van der Waals surface area contributed by atoms with Crippen molar-refractivity contribution in [1.82, 2.24) is 0 Å². The molecule has 1 nitrogen and oxygen atoms in total. The van der Waals surface area contributed by atoms with Gasteiger partial charge in [0.1, 0.15) is 0 Å². The lowest BCUT2D eigenvalue weighted by molar-refractivity contribution is 0.229. The summed E-state index contributed by atoms with van der Waals surface area (Å²) < 4.78 is 0. The first kappa shape index (κ1) is 14.2. The summed E-state index contributed by atoms with van der Waals surface area (Å²) in [6.45, 7) is 4.79. The fourth-order valence-corrected chi connectivity index (χ4v) is 3.52. The Morgan fingerprint density at radius 3 is 2.43 bits per heavy atom. The van der Waals surface area contributed by atoms with Gasteiger partial charge >= 0.3 is 0 Å². The molecule has 0 aliphatic heterocycles. The molecule has 1 unspecified atom stereocenters. The molecular weight excluding hydrogens is 254 g/mol. The molecule has 0 amide bonds. The van der Waals surface area contributed by atoms with Crippen molar-refractivity contribution >= 4 is 5.69 Å². The fourth-order valence-electron chi connectivity index (χ4n) is 3.52. The number of benzene rings is 2. The van der Waals surface area contributed by atoms with Crippen LogP contribution >= 0.6 is 0 Å². The van der Waals surface area contributed by atoms with Crippen molar-refractivity contribution in [3.63, 3.8) is 0 Å². The van der Waals surface area contributed by atoms with Crippen molar-refractivity contribution in [3.8, 4) is 11.1 Å². The van der Waals surface area contributed by atoms with Crippen LogP contribution in [0.5, 0.6) is 0 Å². The Kier molecular flexibility index (Phi) is 4.01. The van der Waals surface area contributed by atoms with E-state index in [2.05, 4.69) is 73.8 Å². The van der Waals surface area contributed by atoms with E-state index in [-0.39, 0.29) is 0 Å². The number of hydrogen-bond acceptors (Lipinski definition) is 1. The van der Waals surface area contributed by atoms with E-state index in [4.69, 9.17) is 0 Å². The van der Waals surface area contributed by atoms with Crippen molar-refractivity contribution in [1.29, 1.82) is 0 Å². The lowest BCUT2D eigenvalue weighted by atomic mass is 9.75. The van der Waals surface area contributed by atoms with E-state index in [1.807, 2.05) is 0 Å². The van der Waals surface area contributed by atoms with E-state index in [9.17, 15) is 0 Å². The summed E-state index contributed by atoms with van der Waals surface area (Å²) in [4.78, 5) is 0. The third-order valence-electron chi connectivity index (χ3n) is 4.58. The van der Waals surface area contributed by atoms with Gasteiger partial charge in [-0.3, -0.25) is 0 Å². The summed E-state index contributed by atoms with van der Waals surface area (Å²) in [5, 5.41) is 3.80. The number of para-hydroxylation sites is 1. The van der Waals surface area contributed by atoms with Crippen molar-refractivity contribution in [2.24, 2.45) is 5.41 Å². The molecule has 1 fully saturated rings. The topological polar surface area (TPSA) is 12.0 Å². The van der Waals surface area contributed by atoms with Crippen LogP contribution in [0.25, 0.3) is 11.1 Å². The van der Waals surface area contributed by atoms with Gasteiger partial charge in [-0.25, -0.2) is 0 Å². The largest absolute Gasteiger partial charge is 0.382 e. The number of hydrogen-bond donors (Lipinski definition) is 1. The van der Waals surface area contributed by atoms with Crippen LogP contribution in [0, 0.1) is 5.41 Å². The van der Waals surface area contributed by atoms with Gasteiger partial charge < -0.3 is 5.32 Å². The summed E-state index contributed by atoms with van der Waals surface area (Å²) in [6.07, 6.45) is 5.23. The van der Waals surface area contributed by atoms with Crippen molar-refractivity contribution in [3.05, 3.63) is 54.6 Å². The minimum absolute atomic E-state index is 0.470. The van der Waals surface area contributed by atoms with Crippen LogP contribution in [-0.2, 0) is 0 Å². The normalized spacial score (nSPS) is 21.0. The Balaban J connectivity index is 1.83. The zero-order chi connectivity index (χ0) is 14.7. The fraction of sp³-hybridized carbons (Fsp3) is 0.400. The first-order valence-corrected chi connectivity index (χ1v) is 8.05. The molecule has 1 atom stereocenters. The SMILES string of the molecule is CC1(C)CCCC(Nc2ccccc2-c2ccccc2)C1. The average Bonchev–Trinajstić information content (AvgIpc) is 2.48. The molecular formula is C20H25N. The minimum Gasteiger partial charge on any atom is -0.382 e. The molecule has 1 aliphatic carbocycles. The smallest absolute Gasteiger partial charge is 0.0422 e. The molecule has 2 aromatic carbocycles. The van der Waals surface area contributed by atoms with Gasteiger partial charge in [-0.15, -0.1) is 0 Å². The molecule has 21 heavy (non-hydrogen) atoms. The summed E-state index contributed by atoms with van der Waals surface area (Å²) in [5.41, 5.74) is 4.33. The van der Waals surface area contributed by atoms with Gasteiger partial charge in [0, 0.05) is 17.3 Å². The van der Waals surface area contributed by atoms with Gasteiger partial charge in [0.25, 0.3) is 0 Å². The van der Waals surface area contributed by atoms with Gasteiger partial charge in [0.15, 0.2) is 0 Å². The zero-order valence-corrected chi connectivity index (χ0v) is 13.1.